The fourth-order valence-electron chi connectivity index (χ4n) is 1.87. The summed E-state index contributed by atoms with van der Waals surface area (Å²) in [6.07, 6.45) is 4.82. The van der Waals surface area contributed by atoms with Crippen molar-refractivity contribution in [3.8, 4) is 0 Å². The van der Waals surface area contributed by atoms with Crippen LogP contribution in [0.1, 0.15) is 46.0 Å². The predicted molar refractivity (Wildman–Crippen MR) is 64.3 cm³/mol. The Balaban J connectivity index is 2.05. The third-order valence-corrected chi connectivity index (χ3v) is 3.45. The van der Waals surface area contributed by atoms with Gasteiger partial charge < -0.3 is 15.7 Å². The first kappa shape index (κ1) is 13.3. The molecule has 2 amide bonds. The molecular formula is C12H24N2O2. The SMILES string of the molecule is CCC(O)CCNC(=O)NC(C)C1CCC1. The Kier molecular flexibility index (Phi) is 5.60. The molecule has 0 bridgehead atoms. The van der Waals surface area contributed by atoms with E-state index in [1.165, 1.54) is 19.3 Å². The molecule has 0 aromatic carbocycles. The van der Waals surface area contributed by atoms with Crippen LogP contribution < -0.4 is 10.6 Å². The number of amides is 2. The van der Waals surface area contributed by atoms with Gasteiger partial charge in [0.1, 0.15) is 0 Å². The predicted octanol–water partition coefficient (Wildman–Crippen LogP) is 1.64. The lowest BCUT2D eigenvalue weighted by Crippen LogP contribution is -2.46. The van der Waals surface area contributed by atoms with Crippen LogP contribution in [0.3, 0.4) is 0 Å². The molecule has 3 N–H and O–H groups in total. The maximum atomic E-state index is 11.5. The van der Waals surface area contributed by atoms with Crippen molar-refractivity contribution in [1.82, 2.24) is 10.6 Å². The lowest BCUT2D eigenvalue weighted by atomic mass is 9.80. The van der Waals surface area contributed by atoms with Crippen LogP contribution in [0.5, 0.6) is 0 Å². The van der Waals surface area contributed by atoms with Crippen LogP contribution in [-0.4, -0.2) is 29.8 Å². The molecule has 0 aromatic rings. The molecule has 4 heteroatoms. The third-order valence-electron chi connectivity index (χ3n) is 3.45. The highest BCUT2D eigenvalue weighted by molar-refractivity contribution is 5.74. The summed E-state index contributed by atoms with van der Waals surface area (Å²) in [6.45, 7) is 4.53. The van der Waals surface area contributed by atoms with Gasteiger partial charge in [0.25, 0.3) is 0 Å². The highest BCUT2D eigenvalue weighted by Crippen LogP contribution is 2.29. The zero-order valence-electron chi connectivity index (χ0n) is 10.3. The summed E-state index contributed by atoms with van der Waals surface area (Å²) in [5.74, 6) is 0.659. The topological polar surface area (TPSA) is 61.4 Å². The quantitative estimate of drug-likeness (QED) is 0.647. The molecule has 94 valence electrons. The molecule has 2 atom stereocenters. The molecule has 0 aliphatic heterocycles. The second kappa shape index (κ2) is 6.74. The van der Waals surface area contributed by atoms with E-state index in [9.17, 15) is 9.90 Å². The number of aliphatic hydroxyl groups excluding tert-OH is 1. The van der Waals surface area contributed by atoms with Gasteiger partial charge in [-0.15, -0.1) is 0 Å². The summed E-state index contributed by atoms with van der Waals surface area (Å²) >= 11 is 0. The minimum absolute atomic E-state index is 0.109. The maximum Gasteiger partial charge on any atom is 0.315 e. The number of nitrogens with one attached hydrogen (secondary N) is 2. The van der Waals surface area contributed by atoms with Crippen LogP contribution in [0.25, 0.3) is 0 Å². The smallest absolute Gasteiger partial charge is 0.315 e. The molecule has 1 aliphatic carbocycles. The van der Waals surface area contributed by atoms with Crippen molar-refractivity contribution in [2.75, 3.05) is 6.54 Å². The van der Waals surface area contributed by atoms with Crippen molar-refractivity contribution in [2.24, 2.45) is 5.92 Å². The van der Waals surface area contributed by atoms with Gasteiger partial charge in [0.05, 0.1) is 6.10 Å². The summed E-state index contributed by atoms with van der Waals surface area (Å²) in [5, 5.41) is 15.0. The first-order chi connectivity index (χ1) is 7.63. The Morgan fingerprint density at radius 3 is 2.69 bits per heavy atom. The first-order valence-electron chi connectivity index (χ1n) is 6.36. The maximum absolute atomic E-state index is 11.5. The highest BCUT2D eigenvalue weighted by atomic mass is 16.3. The number of aliphatic hydroxyl groups is 1. The van der Waals surface area contributed by atoms with Crippen LogP contribution in [-0.2, 0) is 0 Å². The minimum Gasteiger partial charge on any atom is -0.393 e. The molecule has 1 saturated carbocycles. The summed E-state index contributed by atoms with van der Waals surface area (Å²) in [4.78, 5) is 11.5. The second-order valence-electron chi connectivity index (χ2n) is 4.73. The zero-order valence-corrected chi connectivity index (χ0v) is 10.3. The molecule has 4 nitrogen and oxygen atoms in total. The highest BCUT2D eigenvalue weighted by Gasteiger charge is 2.24. The van der Waals surface area contributed by atoms with Gasteiger partial charge in [0, 0.05) is 12.6 Å². The van der Waals surface area contributed by atoms with E-state index in [2.05, 4.69) is 17.6 Å². The molecule has 0 saturated heterocycles. The van der Waals surface area contributed by atoms with E-state index in [1.807, 2.05) is 6.92 Å². The number of carbonyl (C=O) groups excluding carboxylic acids is 1. The van der Waals surface area contributed by atoms with E-state index < -0.39 is 0 Å². The first-order valence-corrected chi connectivity index (χ1v) is 6.36. The van der Waals surface area contributed by atoms with E-state index in [4.69, 9.17) is 0 Å². The number of urea groups is 1. The summed E-state index contributed by atoms with van der Waals surface area (Å²) in [5.41, 5.74) is 0. The molecule has 1 aliphatic rings. The Morgan fingerprint density at radius 1 is 1.50 bits per heavy atom. The fourth-order valence-corrected chi connectivity index (χ4v) is 1.87. The van der Waals surface area contributed by atoms with Gasteiger partial charge in [-0.2, -0.15) is 0 Å². The van der Waals surface area contributed by atoms with Crippen LogP contribution in [0.4, 0.5) is 4.79 Å². The van der Waals surface area contributed by atoms with E-state index in [0.717, 1.165) is 6.42 Å². The number of rotatable bonds is 6. The van der Waals surface area contributed by atoms with Crippen molar-refractivity contribution in [1.29, 1.82) is 0 Å². The van der Waals surface area contributed by atoms with Crippen LogP contribution in [0.2, 0.25) is 0 Å². The van der Waals surface area contributed by atoms with Crippen LogP contribution in [0, 0.1) is 5.92 Å². The normalized spacial score (nSPS) is 19.7. The molecule has 2 unspecified atom stereocenters. The van der Waals surface area contributed by atoms with Crippen molar-refractivity contribution < 1.29 is 9.90 Å². The fraction of sp³-hybridized carbons (Fsp3) is 0.917. The monoisotopic (exact) mass is 228 g/mol. The molecular weight excluding hydrogens is 204 g/mol. The van der Waals surface area contributed by atoms with Gasteiger partial charge in [0.2, 0.25) is 0 Å². The van der Waals surface area contributed by atoms with Crippen molar-refractivity contribution in [3.63, 3.8) is 0 Å². The van der Waals surface area contributed by atoms with Gasteiger partial charge in [-0.3, -0.25) is 0 Å². The van der Waals surface area contributed by atoms with Gasteiger partial charge in [-0.25, -0.2) is 4.79 Å². The minimum atomic E-state index is -0.302. The van der Waals surface area contributed by atoms with Gasteiger partial charge in [-0.1, -0.05) is 13.3 Å². The largest absolute Gasteiger partial charge is 0.393 e. The van der Waals surface area contributed by atoms with Crippen LogP contribution >= 0.6 is 0 Å². The molecule has 0 aromatic heterocycles. The van der Waals surface area contributed by atoms with Gasteiger partial charge in [-0.05, 0) is 38.5 Å². The molecule has 0 radical (unpaired) electrons. The zero-order chi connectivity index (χ0) is 12.0. The Morgan fingerprint density at radius 2 is 2.19 bits per heavy atom. The lowest BCUT2D eigenvalue weighted by molar-refractivity contribution is 0.159. The standard InChI is InChI=1S/C12H24N2O2/c1-3-11(15)7-8-13-12(16)14-9(2)10-5-4-6-10/h9-11,15H,3-8H2,1-2H3,(H2,13,14,16). The number of carbonyl (C=O) groups is 1. The average molecular weight is 228 g/mol. The average Bonchev–Trinajstić information content (AvgIpc) is 2.14. The summed E-state index contributed by atoms with van der Waals surface area (Å²) in [7, 11) is 0. The van der Waals surface area contributed by atoms with Crippen molar-refractivity contribution in [2.45, 2.75) is 58.1 Å². The summed E-state index contributed by atoms with van der Waals surface area (Å²) < 4.78 is 0. The van der Waals surface area contributed by atoms with E-state index >= 15 is 0 Å². The van der Waals surface area contributed by atoms with Crippen LogP contribution in [0.15, 0.2) is 0 Å². The Hall–Kier alpha value is -0.770. The molecule has 0 heterocycles. The third kappa shape index (κ3) is 4.39. The Labute approximate surface area is 97.8 Å². The van der Waals surface area contributed by atoms with Crippen molar-refractivity contribution >= 4 is 6.03 Å². The van der Waals surface area contributed by atoms with Crippen molar-refractivity contribution in [3.05, 3.63) is 0 Å². The van der Waals surface area contributed by atoms with E-state index in [-0.39, 0.29) is 18.2 Å². The lowest BCUT2D eigenvalue weighted by Gasteiger charge is -2.31. The number of hydrogen-bond donors (Lipinski definition) is 3. The van der Waals surface area contributed by atoms with E-state index in [0.29, 0.717) is 18.9 Å². The summed E-state index contributed by atoms with van der Waals surface area (Å²) in [6, 6.07) is 0.160. The van der Waals surface area contributed by atoms with Gasteiger partial charge >= 0.3 is 6.03 Å². The second-order valence-corrected chi connectivity index (χ2v) is 4.73. The van der Waals surface area contributed by atoms with Gasteiger partial charge in [0.15, 0.2) is 0 Å². The van der Waals surface area contributed by atoms with E-state index in [1.54, 1.807) is 0 Å². The molecule has 0 spiro atoms. The molecule has 1 rings (SSSR count). The molecule has 1 fully saturated rings. The number of hydrogen-bond acceptors (Lipinski definition) is 2. The molecule has 16 heavy (non-hydrogen) atoms. The Bertz CT molecular complexity index is 217.